The van der Waals surface area contributed by atoms with Crippen molar-refractivity contribution in [1.29, 1.82) is 0 Å². The molecule has 0 saturated heterocycles. The lowest BCUT2D eigenvalue weighted by atomic mass is 10.3. The van der Waals surface area contributed by atoms with Crippen molar-refractivity contribution in [2.75, 3.05) is 23.8 Å². The summed E-state index contributed by atoms with van der Waals surface area (Å²) in [5, 5.41) is 16.2. The number of aldehydes is 1. The van der Waals surface area contributed by atoms with Crippen LogP contribution in [-0.2, 0) is 9.59 Å². The number of carbonyl (C=O) groups excluding carboxylic acids is 2. The van der Waals surface area contributed by atoms with E-state index in [4.69, 9.17) is 0 Å². The molecule has 0 radical (unpaired) electrons. The van der Waals surface area contributed by atoms with E-state index in [-0.39, 0.29) is 12.5 Å². The molecule has 0 aliphatic rings. The van der Waals surface area contributed by atoms with Crippen LogP contribution in [0.2, 0.25) is 0 Å². The first-order chi connectivity index (χ1) is 12.6. The fourth-order valence-electron chi connectivity index (χ4n) is 2.28. The van der Waals surface area contributed by atoms with Crippen LogP contribution in [0.25, 0.3) is 17.6 Å². The van der Waals surface area contributed by atoms with E-state index in [1.807, 2.05) is 5.38 Å². The number of H-pyrrole nitrogens is 1. The topological polar surface area (TPSA) is 109 Å². The molecule has 9 nitrogen and oxygen atoms in total. The van der Waals surface area contributed by atoms with E-state index in [1.54, 1.807) is 24.2 Å². The first-order valence-electron chi connectivity index (χ1n) is 7.39. The van der Waals surface area contributed by atoms with Gasteiger partial charge in [-0.15, -0.1) is 11.3 Å². The average Bonchev–Trinajstić information content (AvgIpc) is 3.34. The standard InChI is InChI=1S/C15H14BrN7O2S/c1-22(12-3-4-19-23(12)5-2-6-24)7-11(25)20-15-13(10(16)8-26-15)14-17-9-18-21-14/h2-6,8-9H,7H2,1H3,(H,20,25)(H,17,18,21)/b5-2-. The van der Waals surface area contributed by atoms with E-state index in [9.17, 15) is 9.59 Å². The smallest absolute Gasteiger partial charge is 0.244 e. The van der Waals surface area contributed by atoms with Crippen LogP contribution in [0, 0.1) is 0 Å². The Morgan fingerprint density at radius 3 is 3.12 bits per heavy atom. The second-order valence-electron chi connectivity index (χ2n) is 5.14. The minimum atomic E-state index is -0.199. The maximum atomic E-state index is 12.5. The first kappa shape index (κ1) is 18.0. The fourth-order valence-corrected chi connectivity index (χ4v) is 3.91. The number of hydrogen-bond donors (Lipinski definition) is 2. The third-order valence-corrected chi connectivity index (χ3v) is 5.20. The number of thiophene rings is 1. The molecule has 0 aromatic carbocycles. The van der Waals surface area contributed by atoms with E-state index >= 15 is 0 Å². The lowest BCUT2D eigenvalue weighted by molar-refractivity contribution is -0.115. The van der Waals surface area contributed by atoms with Gasteiger partial charge in [0, 0.05) is 29.2 Å². The predicted molar refractivity (Wildman–Crippen MR) is 103 cm³/mol. The number of amides is 1. The Hall–Kier alpha value is -2.79. The number of likely N-dealkylation sites (N-methyl/N-ethyl adjacent to an activating group) is 1. The minimum absolute atomic E-state index is 0.103. The normalized spacial score (nSPS) is 11.0. The SMILES string of the molecule is CN(CC(=O)Nc1scc(Br)c1-c1ncn[nH]1)c1ccnn1/C=C\C=O. The highest BCUT2D eigenvalue weighted by molar-refractivity contribution is 9.10. The van der Waals surface area contributed by atoms with Crippen LogP contribution in [0.4, 0.5) is 10.8 Å². The summed E-state index contributed by atoms with van der Waals surface area (Å²) in [6, 6.07) is 1.75. The highest BCUT2D eigenvalue weighted by atomic mass is 79.9. The van der Waals surface area contributed by atoms with Crippen LogP contribution in [0.5, 0.6) is 0 Å². The molecule has 0 saturated carbocycles. The molecule has 0 bridgehead atoms. The highest BCUT2D eigenvalue weighted by Crippen LogP contribution is 2.38. The Labute approximate surface area is 160 Å². The summed E-state index contributed by atoms with van der Waals surface area (Å²) in [5.41, 5.74) is 0.752. The third kappa shape index (κ3) is 3.89. The number of nitrogens with one attached hydrogen (secondary N) is 2. The zero-order valence-electron chi connectivity index (χ0n) is 13.6. The zero-order valence-corrected chi connectivity index (χ0v) is 16.0. The molecule has 2 N–H and O–H groups in total. The van der Waals surface area contributed by atoms with E-state index in [0.717, 1.165) is 10.0 Å². The molecule has 0 aliphatic carbocycles. The molecular weight excluding hydrogens is 422 g/mol. The number of aromatic nitrogens is 5. The van der Waals surface area contributed by atoms with Crippen LogP contribution < -0.4 is 10.2 Å². The minimum Gasteiger partial charge on any atom is -0.350 e. The number of halogens is 1. The van der Waals surface area contributed by atoms with Gasteiger partial charge in [0.15, 0.2) is 5.82 Å². The molecule has 0 unspecified atom stereocenters. The quantitative estimate of drug-likeness (QED) is 0.435. The first-order valence-corrected chi connectivity index (χ1v) is 9.06. The molecule has 11 heteroatoms. The summed E-state index contributed by atoms with van der Waals surface area (Å²) in [5.74, 6) is 1.05. The maximum Gasteiger partial charge on any atom is 0.244 e. The van der Waals surface area contributed by atoms with Gasteiger partial charge in [-0.2, -0.15) is 10.2 Å². The second-order valence-corrected chi connectivity index (χ2v) is 6.87. The van der Waals surface area contributed by atoms with Gasteiger partial charge in [-0.3, -0.25) is 14.7 Å². The molecule has 3 aromatic rings. The Morgan fingerprint density at radius 2 is 2.38 bits per heavy atom. The average molecular weight is 436 g/mol. The van der Waals surface area contributed by atoms with E-state index < -0.39 is 0 Å². The molecule has 1 amide bonds. The predicted octanol–water partition coefficient (Wildman–Crippen LogP) is 2.24. The monoisotopic (exact) mass is 435 g/mol. The number of nitrogens with zero attached hydrogens (tertiary/aromatic N) is 5. The molecule has 3 rings (SSSR count). The van der Waals surface area contributed by atoms with E-state index in [2.05, 4.69) is 41.5 Å². The molecular formula is C15H14BrN7O2S. The van der Waals surface area contributed by atoms with Crippen molar-refractivity contribution in [1.82, 2.24) is 25.0 Å². The molecule has 134 valence electrons. The lowest BCUT2D eigenvalue weighted by Gasteiger charge is -2.18. The third-order valence-electron chi connectivity index (χ3n) is 3.38. The molecule has 0 fully saturated rings. The van der Waals surface area contributed by atoms with Crippen LogP contribution in [0.1, 0.15) is 0 Å². The van der Waals surface area contributed by atoms with Gasteiger partial charge < -0.3 is 10.2 Å². The molecule has 3 heterocycles. The Balaban J connectivity index is 1.71. The van der Waals surface area contributed by atoms with Gasteiger partial charge in [0.2, 0.25) is 5.91 Å². The van der Waals surface area contributed by atoms with Gasteiger partial charge in [-0.1, -0.05) is 0 Å². The zero-order chi connectivity index (χ0) is 18.5. The van der Waals surface area contributed by atoms with Crippen molar-refractivity contribution in [3.8, 4) is 11.4 Å². The lowest BCUT2D eigenvalue weighted by Crippen LogP contribution is -2.31. The van der Waals surface area contributed by atoms with Gasteiger partial charge in [0.1, 0.15) is 23.4 Å². The van der Waals surface area contributed by atoms with Gasteiger partial charge >= 0.3 is 0 Å². The van der Waals surface area contributed by atoms with Gasteiger partial charge in [0.25, 0.3) is 0 Å². The second kappa shape index (κ2) is 8.06. The summed E-state index contributed by atoms with van der Waals surface area (Å²) in [6.07, 6.45) is 6.52. The van der Waals surface area contributed by atoms with Crippen LogP contribution >= 0.6 is 27.3 Å². The van der Waals surface area contributed by atoms with Gasteiger partial charge in [-0.25, -0.2) is 9.67 Å². The number of anilines is 2. The van der Waals surface area contributed by atoms with Crippen molar-refractivity contribution < 1.29 is 9.59 Å². The Bertz CT molecular complexity index is 932. The number of carbonyl (C=O) groups is 2. The number of hydrogen-bond acceptors (Lipinski definition) is 7. The van der Waals surface area contributed by atoms with E-state index in [0.29, 0.717) is 22.9 Å². The number of aromatic amines is 1. The van der Waals surface area contributed by atoms with Crippen molar-refractivity contribution in [3.63, 3.8) is 0 Å². The van der Waals surface area contributed by atoms with Crippen molar-refractivity contribution in [3.05, 3.63) is 34.5 Å². The van der Waals surface area contributed by atoms with Gasteiger partial charge in [-0.05, 0) is 22.0 Å². The van der Waals surface area contributed by atoms with Crippen LogP contribution in [-0.4, -0.2) is 50.7 Å². The van der Waals surface area contributed by atoms with Crippen molar-refractivity contribution >= 4 is 56.5 Å². The van der Waals surface area contributed by atoms with Crippen LogP contribution in [0.3, 0.4) is 0 Å². The molecule has 26 heavy (non-hydrogen) atoms. The summed E-state index contributed by atoms with van der Waals surface area (Å²) < 4.78 is 2.34. The summed E-state index contributed by atoms with van der Waals surface area (Å²) in [7, 11) is 1.77. The largest absolute Gasteiger partial charge is 0.350 e. The molecule has 0 aliphatic heterocycles. The van der Waals surface area contributed by atoms with E-state index in [1.165, 1.54) is 34.6 Å². The highest BCUT2D eigenvalue weighted by Gasteiger charge is 2.18. The Kier molecular flexibility index (Phi) is 5.58. The Morgan fingerprint density at radius 1 is 1.54 bits per heavy atom. The molecule has 0 spiro atoms. The van der Waals surface area contributed by atoms with Crippen LogP contribution in [0.15, 0.2) is 34.5 Å². The maximum absolute atomic E-state index is 12.5. The summed E-state index contributed by atoms with van der Waals surface area (Å²) in [6.45, 7) is 0.103. The van der Waals surface area contributed by atoms with Crippen molar-refractivity contribution in [2.45, 2.75) is 0 Å². The summed E-state index contributed by atoms with van der Waals surface area (Å²) >= 11 is 4.85. The molecule has 0 atom stereocenters. The number of rotatable bonds is 7. The number of allylic oxidation sites excluding steroid dienone is 1. The van der Waals surface area contributed by atoms with Gasteiger partial charge in [0.05, 0.1) is 18.3 Å². The fraction of sp³-hybridized carbons (Fsp3) is 0.133. The molecule has 3 aromatic heterocycles. The van der Waals surface area contributed by atoms with Crippen molar-refractivity contribution in [2.24, 2.45) is 0 Å². The summed E-state index contributed by atoms with van der Waals surface area (Å²) in [4.78, 5) is 28.8.